The van der Waals surface area contributed by atoms with Gasteiger partial charge in [0.05, 0.1) is 18.4 Å². The third kappa shape index (κ3) is 2.87. The Hall–Kier alpha value is -1.80. The van der Waals surface area contributed by atoms with Crippen molar-refractivity contribution in [2.24, 2.45) is 0 Å². The van der Waals surface area contributed by atoms with E-state index in [1.54, 1.807) is 6.92 Å². The third-order valence-corrected chi connectivity index (χ3v) is 5.81. The van der Waals surface area contributed by atoms with Crippen molar-refractivity contribution in [2.75, 3.05) is 25.0 Å². The first-order valence-electron chi connectivity index (χ1n) is 8.37. The van der Waals surface area contributed by atoms with Crippen LogP contribution in [0.2, 0.25) is 0 Å². The van der Waals surface area contributed by atoms with Crippen molar-refractivity contribution in [2.45, 2.75) is 38.4 Å². The highest BCUT2D eigenvalue weighted by Crippen LogP contribution is 2.51. The molecular formula is C17H23BrN4O3. The number of likely N-dealkylation sites (N-methyl/N-ethyl adjacent to an activating group) is 1. The number of imide groups is 1. The molecule has 25 heavy (non-hydrogen) atoms. The molecule has 2 heterocycles. The fourth-order valence-electron chi connectivity index (χ4n) is 4.00. The van der Waals surface area contributed by atoms with Crippen molar-refractivity contribution >= 4 is 33.7 Å². The van der Waals surface area contributed by atoms with Gasteiger partial charge in [0.1, 0.15) is 0 Å². The van der Waals surface area contributed by atoms with Gasteiger partial charge in [-0.05, 0) is 53.0 Å². The molecule has 3 N–H and O–H groups in total. The average Bonchev–Trinajstić information content (AvgIpc) is 3.02. The van der Waals surface area contributed by atoms with Gasteiger partial charge in [0.15, 0.2) is 0 Å². The van der Waals surface area contributed by atoms with Gasteiger partial charge >= 0.3 is 12.1 Å². The minimum absolute atomic E-state index is 0.0188. The summed E-state index contributed by atoms with van der Waals surface area (Å²) in [6, 6.07) is 3.34. The molecule has 1 aromatic rings. The maximum Gasteiger partial charge on any atom is 0.415 e. The summed E-state index contributed by atoms with van der Waals surface area (Å²) in [5.74, 6) is 0. The van der Waals surface area contributed by atoms with E-state index in [0.29, 0.717) is 6.54 Å². The number of hydrogen-bond donors (Lipinski definition) is 3. The Morgan fingerprint density at radius 3 is 2.88 bits per heavy atom. The first-order valence-corrected chi connectivity index (χ1v) is 9.16. The summed E-state index contributed by atoms with van der Waals surface area (Å²) in [7, 11) is 2.07. The van der Waals surface area contributed by atoms with Crippen LogP contribution in [0.4, 0.5) is 15.3 Å². The van der Waals surface area contributed by atoms with Crippen molar-refractivity contribution in [1.82, 2.24) is 15.5 Å². The Bertz CT molecular complexity index is 726. The lowest BCUT2D eigenvalue weighted by atomic mass is 9.81. The van der Waals surface area contributed by atoms with Gasteiger partial charge < -0.3 is 15.3 Å². The summed E-state index contributed by atoms with van der Waals surface area (Å²) in [5, 5.41) is 15.4. The Balaban J connectivity index is 1.96. The van der Waals surface area contributed by atoms with Crippen LogP contribution in [0, 0.1) is 0 Å². The average molecular weight is 411 g/mol. The van der Waals surface area contributed by atoms with E-state index in [1.165, 1.54) is 5.56 Å². The van der Waals surface area contributed by atoms with Crippen molar-refractivity contribution in [1.29, 1.82) is 0 Å². The highest BCUT2D eigenvalue weighted by atomic mass is 79.9. The van der Waals surface area contributed by atoms with Crippen molar-refractivity contribution in [3.05, 3.63) is 27.7 Å². The second-order valence-electron chi connectivity index (χ2n) is 6.81. The van der Waals surface area contributed by atoms with Gasteiger partial charge in [-0.3, -0.25) is 5.32 Å². The SMILES string of the molecule is CCNC(=O)N(Cc1cc(Br)c2c(c1)[C@]1(C)CCN[C@@H]1N2C)C(=O)O. The number of rotatable bonds is 3. The van der Waals surface area contributed by atoms with E-state index < -0.39 is 12.1 Å². The summed E-state index contributed by atoms with van der Waals surface area (Å²) in [6.45, 7) is 5.34. The quantitative estimate of drug-likeness (QED) is 0.712. The molecule has 7 nitrogen and oxygen atoms in total. The van der Waals surface area contributed by atoms with E-state index in [0.717, 1.165) is 33.6 Å². The van der Waals surface area contributed by atoms with Crippen LogP contribution in [0.25, 0.3) is 0 Å². The Morgan fingerprint density at radius 2 is 2.24 bits per heavy atom. The molecule has 8 heteroatoms. The fraction of sp³-hybridized carbons (Fsp3) is 0.529. The van der Waals surface area contributed by atoms with Gasteiger partial charge in [0, 0.05) is 23.5 Å². The highest BCUT2D eigenvalue weighted by Gasteiger charge is 2.50. The summed E-state index contributed by atoms with van der Waals surface area (Å²) in [4.78, 5) is 26.5. The molecule has 2 aliphatic rings. The minimum Gasteiger partial charge on any atom is -0.465 e. The van der Waals surface area contributed by atoms with Crippen molar-refractivity contribution in [3.63, 3.8) is 0 Å². The number of carbonyl (C=O) groups excluding carboxylic acids is 1. The molecule has 0 aromatic heterocycles. The van der Waals surface area contributed by atoms with Gasteiger partial charge in [0.25, 0.3) is 0 Å². The first-order chi connectivity index (χ1) is 11.8. The lowest BCUT2D eigenvalue weighted by Gasteiger charge is -2.27. The Kier molecular flexibility index (Phi) is 4.68. The molecular weight excluding hydrogens is 388 g/mol. The number of amides is 3. The standard InChI is InChI=1S/C17H23BrN4O3/c1-4-19-15(23)22(16(24)25)9-10-7-11-13(12(18)8-10)21(3)14-17(11,2)5-6-20-14/h7-8,14,20H,4-6,9H2,1-3H3,(H,19,23)(H,24,25)/t14-,17+/m1/s1. The predicted octanol–water partition coefficient (Wildman–Crippen LogP) is 2.69. The lowest BCUT2D eigenvalue weighted by Crippen LogP contribution is -2.44. The van der Waals surface area contributed by atoms with Crippen LogP contribution in [0.15, 0.2) is 16.6 Å². The predicted molar refractivity (Wildman–Crippen MR) is 98.9 cm³/mol. The molecule has 0 spiro atoms. The normalized spacial score (nSPS) is 24.0. The largest absolute Gasteiger partial charge is 0.465 e. The van der Waals surface area contributed by atoms with Crippen molar-refractivity contribution < 1.29 is 14.7 Å². The molecule has 1 aromatic carbocycles. The molecule has 1 saturated heterocycles. The maximum atomic E-state index is 12.0. The van der Waals surface area contributed by atoms with Crippen molar-refractivity contribution in [3.8, 4) is 0 Å². The van der Waals surface area contributed by atoms with Crippen LogP contribution < -0.4 is 15.5 Å². The first kappa shape index (κ1) is 18.0. The zero-order valence-corrected chi connectivity index (χ0v) is 16.2. The minimum atomic E-state index is -1.26. The van der Waals surface area contributed by atoms with Crippen LogP contribution in [0.1, 0.15) is 31.4 Å². The summed E-state index contributed by atoms with van der Waals surface area (Å²) in [5.41, 5.74) is 3.09. The smallest absolute Gasteiger partial charge is 0.415 e. The van der Waals surface area contributed by atoms with Crippen LogP contribution in [-0.2, 0) is 12.0 Å². The summed E-state index contributed by atoms with van der Waals surface area (Å²) >= 11 is 3.63. The summed E-state index contributed by atoms with van der Waals surface area (Å²) in [6.07, 6.45) is -0.0107. The van der Waals surface area contributed by atoms with Crippen LogP contribution in [0.5, 0.6) is 0 Å². The van der Waals surface area contributed by atoms with Crippen LogP contribution >= 0.6 is 15.9 Å². The maximum absolute atomic E-state index is 12.0. The second-order valence-corrected chi connectivity index (χ2v) is 7.67. The lowest BCUT2D eigenvalue weighted by molar-refractivity contribution is 0.146. The molecule has 2 aliphatic heterocycles. The number of carbonyl (C=O) groups is 2. The number of benzene rings is 1. The molecule has 0 radical (unpaired) electrons. The molecule has 0 unspecified atom stereocenters. The van der Waals surface area contributed by atoms with E-state index in [2.05, 4.69) is 45.4 Å². The molecule has 0 saturated carbocycles. The molecule has 3 amide bonds. The Labute approximate surface area is 155 Å². The second kappa shape index (κ2) is 6.49. The van der Waals surface area contributed by atoms with E-state index in [-0.39, 0.29) is 18.1 Å². The van der Waals surface area contributed by atoms with E-state index in [1.807, 2.05) is 12.1 Å². The van der Waals surface area contributed by atoms with Gasteiger partial charge in [-0.15, -0.1) is 0 Å². The zero-order chi connectivity index (χ0) is 18.4. The molecule has 2 atom stereocenters. The van der Waals surface area contributed by atoms with E-state index in [4.69, 9.17) is 0 Å². The number of carboxylic acid groups (broad SMARTS) is 1. The zero-order valence-electron chi connectivity index (χ0n) is 14.6. The highest BCUT2D eigenvalue weighted by molar-refractivity contribution is 9.10. The molecule has 136 valence electrons. The molecule has 3 rings (SSSR count). The Morgan fingerprint density at radius 1 is 1.52 bits per heavy atom. The van der Waals surface area contributed by atoms with Gasteiger partial charge in [-0.25, -0.2) is 14.5 Å². The van der Waals surface area contributed by atoms with E-state index in [9.17, 15) is 14.7 Å². The molecule has 0 aliphatic carbocycles. The summed E-state index contributed by atoms with van der Waals surface area (Å²) < 4.78 is 0.918. The van der Waals surface area contributed by atoms with Crippen LogP contribution in [0.3, 0.4) is 0 Å². The number of nitrogens with one attached hydrogen (secondary N) is 2. The number of nitrogens with zero attached hydrogens (tertiary/aromatic N) is 2. The van der Waals surface area contributed by atoms with Gasteiger partial charge in [-0.1, -0.05) is 13.0 Å². The van der Waals surface area contributed by atoms with Gasteiger partial charge in [-0.2, -0.15) is 0 Å². The number of anilines is 1. The van der Waals surface area contributed by atoms with Gasteiger partial charge in [0.2, 0.25) is 0 Å². The van der Waals surface area contributed by atoms with E-state index >= 15 is 0 Å². The molecule has 1 fully saturated rings. The third-order valence-electron chi connectivity index (χ3n) is 5.21. The molecule has 0 bridgehead atoms. The fourth-order valence-corrected chi connectivity index (χ4v) is 4.79. The number of urea groups is 1. The monoisotopic (exact) mass is 410 g/mol. The topological polar surface area (TPSA) is 84.9 Å². The number of halogens is 1. The van der Waals surface area contributed by atoms with Crippen LogP contribution in [-0.4, -0.2) is 48.4 Å². The number of hydrogen-bond acceptors (Lipinski definition) is 4. The number of fused-ring (bicyclic) bond motifs is 3.